The van der Waals surface area contributed by atoms with E-state index in [1.807, 2.05) is 13.8 Å². The molecule has 0 aliphatic carbocycles. The molecule has 5 heteroatoms. The smallest absolute Gasteiger partial charge is 0.237 e. The van der Waals surface area contributed by atoms with Gasteiger partial charge in [-0.2, -0.15) is 0 Å². The van der Waals surface area contributed by atoms with E-state index < -0.39 is 0 Å². The van der Waals surface area contributed by atoms with Crippen molar-refractivity contribution in [2.75, 3.05) is 26.2 Å². The van der Waals surface area contributed by atoms with Gasteiger partial charge in [-0.1, -0.05) is 20.8 Å². The number of nitrogens with one attached hydrogen (secondary N) is 1. The Bertz CT molecular complexity index is 253. The van der Waals surface area contributed by atoms with Crippen LogP contribution in [0.5, 0.6) is 0 Å². The molecule has 0 saturated carbocycles. The lowest BCUT2D eigenvalue weighted by atomic mass is 9.96. The van der Waals surface area contributed by atoms with Crippen LogP contribution < -0.4 is 11.1 Å². The van der Waals surface area contributed by atoms with Gasteiger partial charge < -0.3 is 16.0 Å². The lowest BCUT2D eigenvalue weighted by molar-refractivity contribution is -0.123. The van der Waals surface area contributed by atoms with E-state index in [0.717, 1.165) is 6.54 Å². The first-order valence-corrected chi connectivity index (χ1v) is 7.30. The van der Waals surface area contributed by atoms with Crippen molar-refractivity contribution in [3.8, 4) is 0 Å². The van der Waals surface area contributed by atoms with E-state index in [2.05, 4.69) is 17.1 Å². The molecule has 114 valence electrons. The molecule has 0 unspecified atom stereocenters. The van der Waals surface area contributed by atoms with Crippen LogP contribution in [0, 0.1) is 11.8 Å². The molecule has 19 heavy (non-hydrogen) atoms. The van der Waals surface area contributed by atoms with Gasteiger partial charge in [0.05, 0.1) is 6.04 Å². The Hall–Kier alpha value is -0.320. The summed E-state index contributed by atoms with van der Waals surface area (Å²) >= 11 is 0. The van der Waals surface area contributed by atoms with Crippen molar-refractivity contribution in [3.05, 3.63) is 0 Å². The summed E-state index contributed by atoms with van der Waals surface area (Å²) in [7, 11) is 0. The van der Waals surface area contributed by atoms with Gasteiger partial charge in [-0.25, -0.2) is 0 Å². The maximum Gasteiger partial charge on any atom is 0.237 e. The first-order valence-electron chi connectivity index (χ1n) is 7.30. The van der Waals surface area contributed by atoms with Gasteiger partial charge in [-0.3, -0.25) is 4.79 Å². The lowest BCUT2D eigenvalue weighted by Gasteiger charge is -2.32. The topological polar surface area (TPSA) is 58.4 Å². The highest BCUT2D eigenvalue weighted by Gasteiger charge is 2.21. The second-order valence-electron chi connectivity index (χ2n) is 5.80. The molecule has 1 heterocycles. The molecule has 0 aromatic carbocycles. The van der Waals surface area contributed by atoms with Crippen LogP contribution in [-0.4, -0.2) is 43.0 Å². The van der Waals surface area contributed by atoms with Gasteiger partial charge in [0.2, 0.25) is 5.91 Å². The molecule has 0 aromatic heterocycles. The number of amides is 1. The number of hydrogen-bond acceptors (Lipinski definition) is 3. The van der Waals surface area contributed by atoms with Crippen molar-refractivity contribution >= 4 is 18.3 Å². The number of rotatable bonds is 6. The minimum Gasteiger partial charge on any atom is -0.354 e. The first-order chi connectivity index (χ1) is 8.54. The van der Waals surface area contributed by atoms with Crippen LogP contribution in [0.1, 0.15) is 40.0 Å². The molecular formula is C14H30ClN3O. The molecule has 1 amide bonds. The summed E-state index contributed by atoms with van der Waals surface area (Å²) in [6.45, 7) is 10.5. The fraction of sp³-hybridized carbons (Fsp3) is 0.929. The summed E-state index contributed by atoms with van der Waals surface area (Å²) in [6.07, 6.45) is 3.61. The fourth-order valence-electron chi connectivity index (χ4n) is 2.40. The maximum absolute atomic E-state index is 11.7. The van der Waals surface area contributed by atoms with E-state index in [1.165, 1.54) is 38.9 Å². The number of carbonyl (C=O) groups is 1. The van der Waals surface area contributed by atoms with Gasteiger partial charge in [0.1, 0.15) is 0 Å². The molecule has 0 spiro atoms. The van der Waals surface area contributed by atoms with Gasteiger partial charge in [0.15, 0.2) is 0 Å². The second kappa shape index (κ2) is 9.56. The van der Waals surface area contributed by atoms with Crippen LogP contribution >= 0.6 is 12.4 Å². The molecule has 1 aliphatic rings. The Balaban J connectivity index is 0.00000324. The summed E-state index contributed by atoms with van der Waals surface area (Å²) in [4.78, 5) is 14.3. The highest BCUT2D eigenvalue weighted by Crippen LogP contribution is 2.16. The summed E-state index contributed by atoms with van der Waals surface area (Å²) in [5, 5.41) is 3.00. The number of likely N-dealkylation sites (tertiary alicyclic amines) is 1. The zero-order valence-electron chi connectivity index (χ0n) is 12.5. The van der Waals surface area contributed by atoms with Crippen LogP contribution in [-0.2, 0) is 4.79 Å². The van der Waals surface area contributed by atoms with Crippen LogP contribution in [0.25, 0.3) is 0 Å². The summed E-state index contributed by atoms with van der Waals surface area (Å²) in [5.74, 6) is 0.832. The number of carbonyl (C=O) groups excluding carboxylic acids is 1. The third-order valence-electron chi connectivity index (χ3n) is 3.83. The zero-order chi connectivity index (χ0) is 13.5. The zero-order valence-corrected chi connectivity index (χ0v) is 13.3. The van der Waals surface area contributed by atoms with Crippen molar-refractivity contribution in [2.24, 2.45) is 17.6 Å². The molecular weight excluding hydrogens is 262 g/mol. The summed E-state index contributed by atoms with van der Waals surface area (Å²) in [6, 6.07) is -0.370. The number of nitrogens with zero attached hydrogens (tertiary/aromatic N) is 1. The fourth-order valence-corrected chi connectivity index (χ4v) is 2.40. The molecule has 3 N–H and O–H groups in total. The van der Waals surface area contributed by atoms with Crippen LogP contribution in [0.15, 0.2) is 0 Å². The van der Waals surface area contributed by atoms with Gasteiger partial charge in [-0.15, -0.1) is 12.4 Å². The van der Waals surface area contributed by atoms with Crippen molar-refractivity contribution < 1.29 is 4.79 Å². The summed E-state index contributed by atoms with van der Waals surface area (Å²) in [5.41, 5.74) is 5.82. The average molecular weight is 292 g/mol. The Labute approximate surface area is 123 Å². The molecule has 0 aromatic rings. The summed E-state index contributed by atoms with van der Waals surface area (Å²) < 4.78 is 0. The molecule has 1 rings (SSSR count). The number of hydrogen-bond donors (Lipinski definition) is 2. The average Bonchev–Trinajstić information content (AvgIpc) is 2.37. The molecule has 1 aliphatic heterocycles. The van der Waals surface area contributed by atoms with E-state index in [1.54, 1.807) is 0 Å². The quantitative estimate of drug-likeness (QED) is 0.782. The van der Waals surface area contributed by atoms with Crippen molar-refractivity contribution in [1.29, 1.82) is 0 Å². The largest absolute Gasteiger partial charge is 0.354 e. The third kappa shape index (κ3) is 6.59. The number of halogens is 1. The van der Waals surface area contributed by atoms with Gasteiger partial charge in [0.25, 0.3) is 0 Å². The van der Waals surface area contributed by atoms with Crippen molar-refractivity contribution in [3.63, 3.8) is 0 Å². The van der Waals surface area contributed by atoms with Crippen LogP contribution in [0.2, 0.25) is 0 Å². The van der Waals surface area contributed by atoms with Crippen molar-refractivity contribution in [2.45, 2.75) is 46.1 Å². The van der Waals surface area contributed by atoms with Gasteiger partial charge in [-0.05, 0) is 50.7 Å². The first kappa shape index (κ1) is 18.7. The van der Waals surface area contributed by atoms with Gasteiger partial charge >= 0.3 is 0 Å². The Morgan fingerprint density at radius 1 is 1.37 bits per heavy atom. The van der Waals surface area contributed by atoms with E-state index in [0.29, 0.717) is 5.92 Å². The van der Waals surface area contributed by atoms with Crippen LogP contribution in [0.4, 0.5) is 0 Å². The molecule has 1 atom stereocenters. The van der Waals surface area contributed by atoms with Crippen molar-refractivity contribution in [1.82, 2.24) is 10.2 Å². The number of nitrogens with two attached hydrogens (primary N) is 1. The molecule has 1 fully saturated rings. The monoisotopic (exact) mass is 291 g/mol. The van der Waals surface area contributed by atoms with Crippen LogP contribution in [0.3, 0.4) is 0 Å². The van der Waals surface area contributed by atoms with E-state index in [9.17, 15) is 4.79 Å². The molecule has 0 bridgehead atoms. The van der Waals surface area contributed by atoms with Gasteiger partial charge in [0, 0.05) is 6.54 Å². The number of piperidine rings is 1. The van der Waals surface area contributed by atoms with E-state index in [-0.39, 0.29) is 30.3 Å². The Kier molecular flexibility index (Phi) is 9.40. The highest BCUT2D eigenvalue weighted by molar-refractivity contribution is 5.85. The predicted molar refractivity (Wildman–Crippen MR) is 82.5 cm³/mol. The molecule has 1 saturated heterocycles. The minimum absolute atomic E-state index is 0. The lowest BCUT2D eigenvalue weighted by Crippen LogP contribution is -2.46. The maximum atomic E-state index is 11.7. The SMILES string of the molecule is CCCN1CCC(CNC(=O)[C@@H](N)C(C)C)CC1.Cl. The third-order valence-corrected chi connectivity index (χ3v) is 3.83. The normalized spacial score (nSPS) is 19.0. The Morgan fingerprint density at radius 2 is 1.95 bits per heavy atom. The van der Waals surface area contributed by atoms with E-state index in [4.69, 9.17) is 5.73 Å². The Morgan fingerprint density at radius 3 is 2.42 bits per heavy atom. The molecule has 4 nitrogen and oxygen atoms in total. The highest BCUT2D eigenvalue weighted by atomic mass is 35.5. The minimum atomic E-state index is -0.370. The second-order valence-corrected chi connectivity index (χ2v) is 5.80. The molecule has 0 radical (unpaired) electrons. The predicted octanol–water partition coefficient (Wildman–Crippen LogP) is 1.63. The van der Waals surface area contributed by atoms with E-state index >= 15 is 0 Å². The standard InChI is InChI=1S/C14H29N3O.ClH/c1-4-7-17-8-5-12(6-9-17)10-16-14(18)13(15)11(2)3;/h11-13H,4-10,15H2,1-3H3,(H,16,18);1H/t13-;/m0./s1.